The SMILES string of the molecule is O=c1c(CN2CCOCC2)cnc2ccccn12. The van der Waals surface area contributed by atoms with Crippen molar-refractivity contribution in [3.05, 3.63) is 46.5 Å². The molecule has 5 nitrogen and oxygen atoms in total. The second-order valence-electron chi connectivity index (χ2n) is 4.41. The molecule has 1 aliphatic heterocycles. The molecule has 2 aromatic rings. The van der Waals surface area contributed by atoms with E-state index in [4.69, 9.17) is 4.74 Å². The Bertz CT molecular complexity index is 602. The van der Waals surface area contributed by atoms with E-state index in [1.165, 1.54) is 0 Å². The van der Waals surface area contributed by atoms with Gasteiger partial charge in [-0.05, 0) is 12.1 Å². The molecule has 3 rings (SSSR count). The van der Waals surface area contributed by atoms with E-state index in [0.29, 0.717) is 12.2 Å². The molecule has 0 amide bonds. The summed E-state index contributed by atoms with van der Waals surface area (Å²) >= 11 is 0. The summed E-state index contributed by atoms with van der Waals surface area (Å²) in [6.45, 7) is 3.87. The van der Waals surface area contributed by atoms with Crippen LogP contribution in [0.5, 0.6) is 0 Å². The Hall–Kier alpha value is -1.72. The third-order valence-electron chi connectivity index (χ3n) is 3.18. The van der Waals surface area contributed by atoms with Gasteiger partial charge in [0.25, 0.3) is 5.56 Å². The number of pyridine rings is 1. The fourth-order valence-corrected chi connectivity index (χ4v) is 2.17. The van der Waals surface area contributed by atoms with Crippen molar-refractivity contribution >= 4 is 5.65 Å². The molecule has 1 fully saturated rings. The molecule has 0 aromatic carbocycles. The molecule has 2 aromatic heterocycles. The maximum absolute atomic E-state index is 12.3. The Morgan fingerprint density at radius 2 is 2.11 bits per heavy atom. The van der Waals surface area contributed by atoms with Crippen LogP contribution in [-0.2, 0) is 11.3 Å². The number of rotatable bonds is 2. The van der Waals surface area contributed by atoms with E-state index in [1.807, 2.05) is 18.2 Å². The molecular weight excluding hydrogens is 230 g/mol. The predicted octanol–water partition coefficient (Wildman–Crippen LogP) is 0.527. The van der Waals surface area contributed by atoms with Gasteiger partial charge >= 0.3 is 0 Å². The maximum atomic E-state index is 12.3. The van der Waals surface area contributed by atoms with Crippen LogP contribution in [0.4, 0.5) is 0 Å². The normalized spacial score (nSPS) is 17.1. The van der Waals surface area contributed by atoms with Crippen LogP contribution in [0, 0.1) is 0 Å². The molecule has 1 aliphatic rings. The van der Waals surface area contributed by atoms with Crippen LogP contribution < -0.4 is 5.56 Å². The first-order chi connectivity index (χ1) is 8.84. The first kappa shape index (κ1) is 11.4. The van der Waals surface area contributed by atoms with Gasteiger partial charge in [-0.25, -0.2) is 4.98 Å². The minimum atomic E-state index is 0.0205. The molecular formula is C13H15N3O2. The maximum Gasteiger partial charge on any atom is 0.262 e. The first-order valence-electron chi connectivity index (χ1n) is 6.10. The molecule has 1 saturated heterocycles. The molecule has 3 heterocycles. The lowest BCUT2D eigenvalue weighted by Gasteiger charge is -2.26. The monoisotopic (exact) mass is 245 g/mol. The molecule has 0 atom stereocenters. The van der Waals surface area contributed by atoms with Gasteiger partial charge < -0.3 is 4.74 Å². The van der Waals surface area contributed by atoms with Gasteiger partial charge in [0.2, 0.25) is 0 Å². The minimum absolute atomic E-state index is 0.0205. The molecule has 5 heteroatoms. The van der Waals surface area contributed by atoms with E-state index in [-0.39, 0.29) is 5.56 Å². The molecule has 0 unspecified atom stereocenters. The Balaban J connectivity index is 1.92. The molecule has 0 bridgehead atoms. The Morgan fingerprint density at radius 1 is 1.28 bits per heavy atom. The summed E-state index contributed by atoms with van der Waals surface area (Å²) in [5, 5.41) is 0. The molecule has 0 saturated carbocycles. The lowest BCUT2D eigenvalue weighted by molar-refractivity contribution is 0.0339. The zero-order valence-corrected chi connectivity index (χ0v) is 10.1. The summed E-state index contributed by atoms with van der Waals surface area (Å²) in [5.74, 6) is 0. The number of morpholine rings is 1. The number of aromatic nitrogens is 2. The molecule has 18 heavy (non-hydrogen) atoms. The number of fused-ring (bicyclic) bond motifs is 1. The van der Waals surface area contributed by atoms with Gasteiger partial charge in [-0.15, -0.1) is 0 Å². The highest BCUT2D eigenvalue weighted by Gasteiger charge is 2.13. The van der Waals surface area contributed by atoms with Crippen molar-refractivity contribution in [3.8, 4) is 0 Å². The Kier molecular flexibility index (Phi) is 3.08. The van der Waals surface area contributed by atoms with Gasteiger partial charge in [0.05, 0.1) is 18.8 Å². The summed E-state index contributed by atoms with van der Waals surface area (Å²) in [6.07, 6.45) is 3.45. The topological polar surface area (TPSA) is 46.8 Å². The second kappa shape index (κ2) is 4.88. The zero-order valence-electron chi connectivity index (χ0n) is 10.1. The minimum Gasteiger partial charge on any atom is -0.379 e. The van der Waals surface area contributed by atoms with Crippen LogP contribution >= 0.6 is 0 Å². The third kappa shape index (κ3) is 2.14. The largest absolute Gasteiger partial charge is 0.379 e. The first-order valence-corrected chi connectivity index (χ1v) is 6.10. The van der Waals surface area contributed by atoms with E-state index in [1.54, 1.807) is 16.8 Å². The third-order valence-corrected chi connectivity index (χ3v) is 3.18. The average Bonchev–Trinajstić information content (AvgIpc) is 2.43. The summed E-state index contributed by atoms with van der Waals surface area (Å²) in [4.78, 5) is 18.8. The van der Waals surface area contributed by atoms with Crippen molar-refractivity contribution < 1.29 is 4.74 Å². The van der Waals surface area contributed by atoms with Crippen LogP contribution in [0.25, 0.3) is 5.65 Å². The van der Waals surface area contributed by atoms with Crippen molar-refractivity contribution in [2.45, 2.75) is 6.54 Å². The highest BCUT2D eigenvalue weighted by molar-refractivity contribution is 5.37. The van der Waals surface area contributed by atoms with Gasteiger partial charge in [0, 0.05) is 32.0 Å². The summed E-state index contributed by atoms with van der Waals surface area (Å²) in [6, 6.07) is 5.55. The van der Waals surface area contributed by atoms with Gasteiger partial charge in [0.1, 0.15) is 5.65 Å². The van der Waals surface area contributed by atoms with Crippen molar-refractivity contribution in [2.75, 3.05) is 26.3 Å². The summed E-state index contributed by atoms with van der Waals surface area (Å²) in [7, 11) is 0. The number of hydrogen-bond acceptors (Lipinski definition) is 4. The van der Waals surface area contributed by atoms with Crippen LogP contribution in [0.15, 0.2) is 35.4 Å². The highest BCUT2D eigenvalue weighted by atomic mass is 16.5. The van der Waals surface area contributed by atoms with Crippen molar-refractivity contribution in [2.24, 2.45) is 0 Å². The lowest BCUT2D eigenvalue weighted by Crippen LogP contribution is -2.37. The van der Waals surface area contributed by atoms with E-state index >= 15 is 0 Å². The molecule has 0 aliphatic carbocycles. The van der Waals surface area contributed by atoms with E-state index < -0.39 is 0 Å². The van der Waals surface area contributed by atoms with Crippen molar-refractivity contribution in [1.82, 2.24) is 14.3 Å². The predicted molar refractivity (Wildman–Crippen MR) is 67.6 cm³/mol. The molecule has 0 N–H and O–H groups in total. The number of ether oxygens (including phenoxy) is 1. The Morgan fingerprint density at radius 3 is 2.94 bits per heavy atom. The van der Waals surface area contributed by atoms with Crippen molar-refractivity contribution in [3.63, 3.8) is 0 Å². The Labute approximate surface area is 105 Å². The smallest absolute Gasteiger partial charge is 0.262 e. The fraction of sp³-hybridized carbons (Fsp3) is 0.385. The summed E-state index contributed by atoms with van der Waals surface area (Å²) in [5.41, 5.74) is 1.45. The molecule has 0 radical (unpaired) electrons. The quantitative estimate of drug-likeness (QED) is 0.774. The van der Waals surface area contributed by atoms with E-state index in [9.17, 15) is 4.79 Å². The van der Waals surface area contributed by atoms with Crippen LogP contribution in [0.1, 0.15) is 5.56 Å². The van der Waals surface area contributed by atoms with Crippen LogP contribution in [0.2, 0.25) is 0 Å². The van der Waals surface area contributed by atoms with Crippen LogP contribution in [-0.4, -0.2) is 40.6 Å². The molecule has 94 valence electrons. The van der Waals surface area contributed by atoms with Gasteiger partial charge in [-0.2, -0.15) is 0 Å². The average molecular weight is 245 g/mol. The van der Waals surface area contributed by atoms with Gasteiger partial charge in [-0.1, -0.05) is 6.07 Å². The highest BCUT2D eigenvalue weighted by Crippen LogP contribution is 2.04. The molecule has 0 spiro atoms. The standard InChI is InChI=1S/C13H15N3O2/c17-13-11(10-15-5-7-18-8-6-15)9-14-12-3-1-2-4-16(12)13/h1-4,9H,5-8,10H2. The number of nitrogens with zero attached hydrogens (tertiary/aromatic N) is 3. The van der Waals surface area contributed by atoms with Crippen molar-refractivity contribution in [1.29, 1.82) is 0 Å². The fourth-order valence-electron chi connectivity index (χ4n) is 2.17. The lowest BCUT2D eigenvalue weighted by atomic mass is 10.3. The van der Waals surface area contributed by atoms with Crippen LogP contribution in [0.3, 0.4) is 0 Å². The van der Waals surface area contributed by atoms with Gasteiger partial charge in [0.15, 0.2) is 0 Å². The van der Waals surface area contributed by atoms with E-state index in [2.05, 4.69) is 9.88 Å². The second-order valence-corrected chi connectivity index (χ2v) is 4.41. The summed E-state index contributed by atoms with van der Waals surface area (Å²) < 4.78 is 6.89. The van der Waals surface area contributed by atoms with Gasteiger partial charge in [-0.3, -0.25) is 14.1 Å². The number of hydrogen-bond donors (Lipinski definition) is 0. The van der Waals surface area contributed by atoms with E-state index in [0.717, 1.165) is 31.9 Å². The zero-order chi connectivity index (χ0) is 12.4.